The maximum atomic E-state index is 12.8. The van der Waals surface area contributed by atoms with Crippen LogP contribution in [-0.2, 0) is 6.54 Å². The van der Waals surface area contributed by atoms with Crippen LogP contribution in [0.15, 0.2) is 53.5 Å². The van der Waals surface area contributed by atoms with E-state index in [1.165, 1.54) is 12.1 Å². The van der Waals surface area contributed by atoms with Crippen molar-refractivity contribution in [3.05, 3.63) is 59.9 Å². The lowest BCUT2D eigenvalue weighted by molar-refractivity contribution is 0.480. The number of nitrogens with one attached hydrogen (secondary N) is 2. The Bertz CT molecular complexity index is 638. The summed E-state index contributed by atoms with van der Waals surface area (Å²) < 4.78 is 18.5. The van der Waals surface area contributed by atoms with Gasteiger partial charge in [-0.15, -0.1) is 0 Å². The van der Waals surface area contributed by atoms with Crippen molar-refractivity contribution in [3.63, 3.8) is 0 Å². The Labute approximate surface area is 129 Å². The van der Waals surface area contributed by atoms with Crippen LogP contribution in [0.1, 0.15) is 12.0 Å². The molecular formula is C17H18FN3O. The molecular weight excluding hydrogens is 281 g/mol. The molecule has 5 heteroatoms. The topological polar surface area (TPSA) is 45.6 Å². The summed E-state index contributed by atoms with van der Waals surface area (Å²) in [4.78, 5) is 4.36. The van der Waals surface area contributed by atoms with E-state index in [1.54, 1.807) is 12.1 Å². The first-order valence-corrected chi connectivity index (χ1v) is 7.34. The summed E-state index contributed by atoms with van der Waals surface area (Å²) in [6.07, 6.45) is 1.08. The van der Waals surface area contributed by atoms with Gasteiger partial charge in [-0.3, -0.25) is 4.99 Å². The van der Waals surface area contributed by atoms with Crippen molar-refractivity contribution in [2.24, 2.45) is 4.99 Å². The predicted molar refractivity (Wildman–Crippen MR) is 84.7 cm³/mol. The molecule has 2 aromatic carbocycles. The molecule has 1 aliphatic rings. The van der Waals surface area contributed by atoms with Gasteiger partial charge in [0.05, 0.1) is 0 Å². The summed E-state index contributed by atoms with van der Waals surface area (Å²) in [7, 11) is 0. The van der Waals surface area contributed by atoms with E-state index in [2.05, 4.69) is 15.6 Å². The molecule has 0 unspecified atom stereocenters. The van der Waals surface area contributed by atoms with E-state index < -0.39 is 0 Å². The van der Waals surface area contributed by atoms with Gasteiger partial charge in [0, 0.05) is 19.6 Å². The van der Waals surface area contributed by atoms with Crippen LogP contribution in [0.2, 0.25) is 0 Å². The second-order valence-electron chi connectivity index (χ2n) is 5.06. The number of aliphatic imine (C=N–C) groups is 1. The average Bonchev–Trinajstić information content (AvgIpc) is 2.57. The zero-order chi connectivity index (χ0) is 15.2. The Morgan fingerprint density at radius 3 is 2.36 bits per heavy atom. The van der Waals surface area contributed by atoms with E-state index >= 15 is 0 Å². The number of hydrogen-bond donors (Lipinski definition) is 2. The maximum absolute atomic E-state index is 12.8. The van der Waals surface area contributed by atoms with Gasteiger partial charge in [-0.05, 0) is 48.4 Å². The third kappa shape index (κ3) is 3.97. The van der Waals surface area contributed by atoms with E-state index in [-0.39, 0.29) is 5.82 Å². The molecule has 0 atom stereocenters. The summed E-state index contributed by atoms with van der Waals surface area (Å²) in [5.41, 5.74) is 1.14. The Morgan fingerprint density at radius 2 is 1.73 bits per heavy atom. The van der Waals surface area contributed by atoms with Crippen molar-refractivity contribution < 1.29 is 9.13 Å². The van der Waals surface area contributed by atoms with Crippen LogP contribution in [0, 0.1) is 5.82 Å². The number of halogens is 1. The fourth-order valence-electron chi connectivity index (χ4n) is 2.15. The van der Waals surface area contributed by atoms with E-state index in [4.69, 9.17) is 4.74 Å². The Balaban J connectivity index is 1.55. The van der Waals surface area contributed by atoms with Crippen LogP contribution in [0.3, 0.4) is 0 Å². The maximum Gasteiger partial charge on any atom is 0.191 e. The zero-order valence-electron chi connectivity index (χ0n) is 12.2. The van der Waals surface area contributed by atoms with E-state index in [9.17, 15) is 4.39 Å². The minimum absolute atomic E-state index is 0.270. The molecule has 2 N–H and O–H groups in total. The summed E-state index contributed by atoms with van der Waals surface area (Å²) in [5, 5.41) is 6.49. The van der Waals surface area contributed by atoms with Crippen LogP contribution in [0.25, 0.3) is 0 Å². The fourth-order valence-corrected chi connectivity index (χ4v) is 2.15. The Hall–Kier alpha value is -2.56. The molecule has 0 aromatic heterocycles. The largest absolute Gasteiger partial charge is 0.457 e. The molecule has 1 heterocycles. The second-order valence-corrected chi connectivity index (χ2v) is 5.06. The summed E-state index contributed by atoms with van der Waals surface area (Å²) in [5.74, 6) is 1.93. The Kier molecular flexibility index (Phi) is 4.53. The number of nitrogens with zero attached hydrogens (tertiary/aromatic N) is 1. The minimum atomic E-state index is -0.270. The molecule has 1 aliphatic heterocycles. The number of benzene rings is 2. The molecule has 0 radical (unpaired) electrons. The number of guanidine groups is 1. The van der Waals surface area contributed by atoms with E-state index in [1.807, 2.05) is 24.3 Å². The minimum Gasteiger partial charge on any atom is -0.457 e. The molecule has 4 nitrogen and oxygen atoms in total. The van der Waals surface area contributed by atoms with Gasteiger partial charge in [-0.25, -0.2) is 4.39 Å². The predicted octanol–water partition coefficient (Wildman–Crippen LogP) is 3.06. The third-order valence-electron chi connectivity index (χ3n) is 3.33. The van der Waals surface area contributed by atoms with Crippen molar-refractivity contribution in [2.75, 3.05) is 13.1 Å². The molecule has 0 amide bonds. The lowest BCUT2D eigenvalue weighted by atomic mass is 10.2. The first kappa shape index (κ1) is 14.4. The van der Waals surface area contributed by atoms with Crippen LogP contribution in [0.5, 0.6) is 11.5 Å². The molecule has 114 valence electrons. The standard InChI is InChI=1S/C17H18FN3O/c18-14-4-8-16(9-5-14)22-15-6-2-13(3-7-15)12-21-17-19-10-1-11-20-17/h2-9H,1,10-12H2,(H2,19,20,21). The molecule has 0 saturated carbocycles. The Morgan fingerprint density at radius 1 is 1.05 bits per heavy atom. The van der Waals surface area contributed by atoms with Gasteiger partial charge in [0.15, 0.2) is 5.96 Å². The molecule has 22 heavy (non-hydrogen) atoms. The van der Waals surface area contributed by atoms with Crippen LogP contribution in [-0.4, -0.2) is 19.0 Å². The summed E-state index contributed by atoms with van der Waals surface area (Å²) in [6, 6.07) is 13.8. The van der Waals surface area contributed by atoms with Crippen molar-refractivity contribution in [1.29, 1.82) is 0 Å². The highest BCUT2D eigenvalue weighted by Crippen LogP contribution is 2.21. The number of rotatable bonds is 4. The monoisotopic (exact) mass is 299 g/mol. The average molecular weight is 299 g/mol. The zero-order valence-corrected chi connectivity index (χ0v) is 12.2. The SMILES string of the molecule is Fc1ccc(Oc2ccc(CNC3=NCCCN3)cc2)cc1. The number of hydrogen-bond acceptors (Lipinski definition) is 4. The first-order chi connectivity index (χ1) is 10.8. The van der Waals surface area contributed by atoms with E-state index in [0.29, 0.717) is 12.3 Å². The third-order valence-corrected chi connectivity index (χ3v) is 3.33. The van der Waals surface area contributed by atoms with E-state index in [0.717, 1.165) is 36.8 Å². The van der Waals surface area contributed by atoms with Crippen molar-refractivity contribution in [1.82, 2.24) is 10.6 Å². The van der Waals surface area contributed by atoms with Gasteiger partial charge >= 0.3 is 0 Å². The molecule has 0 bridgehead atoms. The lowest BCUT2D eigenvalue weighted by Crippen LogP contribution is -2.40. The van der Waals surface area contributed by atoms with Gasteiger partial charge in [-0.1, -0.05) is 12.1 Å². The first-order valence-electron chi connectivity index (χ1n) is 7.34. The van der Waals surface area contributed by atoms with Gasteiger partial charge < -0.3 is 15.4 Å². The molecule has 0 spiro atoms. The highest BCUT2D eigenvalue weighted by molar-refractivity contribution is 5.80. The fraction of sp³-hybridized carbons (Fsp3) is 0.235. The van der Waals surface area contributed by atoms with Crippen molar-refractivity contribution >= 4 is 5.96 Å². The van der Waals surface area contributed by atoms with Gasteiger partial charge in [0.25, 0.3) is 0 Å². The second kappa shape index (κ2) is 6.93. The van der Waals surface area contributed by atoms with Crippen LogP contribution < -0.4 is 15.4 Å². The van der Waals surface area contributed by atoms with Crippen LogP contribution in [0.4, 0.5) is 4.39 Å². The van der Waals surface area contributed by atoms with Crippen molar-refractivity contribution in [3.8, 4) is 11.5 Å². The molecule has 0 aliphatic carbocycles. The molecule has 3 rings (SSSR count). The molecule has 0 saturated heterocycles. The van der Waals surface area contributed by atoms with Gasteiger partial charge in [0.1, 0.15) is 17.3 Å². The quantitative estimate of drug-likeness (QED) is 0.912. The lowest BCUT2D eigenvalue weighted by Gasteiger charge is -2.16. The summed E-state index contributed by atoms with van der Waals surface area (Å²) in [6.45, 7) is 2.55. The van der Waals surface area contributed by atoms with Gasteiger partial charge in [0.2, 0.25) is 0 Å². The van der Waals surface area contributed by atoms with Gasteiger partial charge in [-0.2, -0.15) is 0 Å². The highest BCUT2D eigenvalue weighted by atomic mass is 19.1. The highest BCUT2D eigenvalue weighted by Gasteiger charge is 2.03. The van der Waals surface area contributed by atoms with Crippen molar-refractivity contribution in [2.45, 2.75) is 13.0 Å². The summed E-state index contributed by atoms with van der Waals surface area (Å²) >= 11 is 0. The number of ether oxygens (including phenoxy) is 1. The smallest absolute Gasteiger partial charge is 0.191 e. The molecule has 2 aromatic rings. The van der Waals surface area contributed by atoms with Crippen LogP contribution >= 0.6 is 0 Å². The molecule has 0 fully saturated rings. The normalized spacial score (nSPS) is 14.0.